The van der Waals surface area contributed by atoms with E-state index in [0.717, 1.165) is 0 Å². The zero-order valence-electron chi connectivity index (χ0n) is 11.9. The minimum absolute atomic E-state index is 0.109. The number of ether oxygens (including phenoxy) is 1. The fourth-order valence-corrected chi connectivity index (χ4v) is 1.19. The molecule has 0 bridgehead atoms. The number of nitrogens with one attached hydrogen (secondary N) is 3. The first kappa shape index (κ1) is 17.4. The smallest absolute Gasteiger partial charge is 0.244 e. The van der Waals surface area contributed by atoms with Crippen LogP contribution in [0, 0.1) is 0 Å². The van der Waals surface area contributed by atoms with E-state index in [4.69, 9.17) is 4.74 Å². The predicted molar refractivity (Wildman–Crippen MR) is 70.1 cm³/mol. The molecule has 0 saturated heterocycles. The molecule has 2 unspecified atom stereocenters. The highest BCUT2D eigenvalue weighted by atomic mass is 16.5. The van der Waals surface area contributed by atoms with E-state index >= 15 is 0 Å². The lowest BCUT2D eigenvalue weighted by Crippen LogP contribution is -2.51. The number of rotatable bonds is 8. The van der Waals surface area contributed by atoms with Gasteiger partial charge in [-0.2, -0.15) is 0 Å². The molecule has 0 aliphatic rings. The first-order chi connectivity index (χ1) is 8.92. The topological polar surface area (TPSA) is 96.5 Å². The highest BCUT2D eigenvalue weighted by molar-refractivity contribution is 5.91. The van der Waals surface area contributed by atoms with Gasteiger partial charge in [-0.3, -0.25) is 14.4 Å². The van der Waals surface area contributed by atoms with Gasteiger partial charge in [0.05, 0.1) is 0 Å². The van der Waals surface area contributed by atoms with E-state index < -0.39 is 18.0 Å². The summed E-state index contributed by atoms with van der Waals surface area (Å²) in [5.41, 5.74) is 0. The lowest BCUT2D eigenvalue weighted by Gasteiger charge is -2.18. The van der Waals surface area contributed by atoms with Crippen LogP contribution in [-0.4, -0.2) is 43.1 Å². The predicted octanol–water partition coefficient (Wildman–Crippen LogP) is -0.484. The number of hydrogen-bond acceptors (Lipinski definition) is 4. The van der Waals surface area contributed by atoms with Gasteiger partial charge in [0.15, 0.2) is 0 Å². The second-order valence-corrected chi connectivity index (χ2v) is 4.05. The van der Waals surface area contributed by atoms with Crippen molar-refractivity contribution < 1.29 is 19.1 Å². The van der Waals surface area contributed by atoms with Crippen molar-refractivity contribution in [1.82, 2.24) is 16.0 Å². The summed E-state index contributed by atoms with van der Waals surface area (Å²) in [6.07, 6.45) is 0.308. The van der Waals surface area contributed by atoms with Gasteiger partial charge in [-0.1, -0.05) is 6.92 Å². The molecule has 3 amide bonds. The quantitative estimate of drug-likeness (QED) is 0.411. The molecule has 0 aromatic heterocycles. The Morgan fingerprint density at radius 2 is 1.58 bits per heavy atom. The molecule has 7 heteroatoms. The van der Waals surface area contributed by atoms with E-state index in [1.165, 1.54) is 0 Å². The lowest BCUT2D eigenvalue weighted by atomic mass is 10.2. The third-order valence-corrected chi connectivity index (χ3v) is 2.40. The van der Waals surface area contributed by atoms with Crippen LogP contribution >= 0.6 is 0 Å². The first-order valence-corrected chi connectivity index (χ1v) is 6.37. The number of carbonyl (C=O) groups is 3. The molecule has 0 fully saturated rings. The van der Waals surface area contributed by atoms with E-state index in [2.05, 4.69) is 16.0 Å². The molecular formula is C12H23N3O4. The van der Waals surface area contributed by atoms with Crippen molar-refractivity contribution in [3.63, 3.8) is 0 Å². The molecule has 0 aromatic carbocycles. The summed E-state index contributed by atoms with van der Waals surface area (Å²) in [6.45, 7) is 7.25. The Hall–Kier alpha value is -1.63. The zero-order valence-corrected chi connectivity index (χ0v) is 11.9. The minimum Gasteiger partial charge on any atom is -0.362 e. The van der Waals surface area contributed by atoms with Crippen LogP contribution in [0.3, 0.4) is 0 Å². The van der Waals surface area contributed by atoms with Gasteiger partial charge in [0.2, 0.25) is 17.7 Å². The normalized spacial score (nSPS) is 13.3. The molecule has 0 aliphatic heterocycles. The van der Waals surface area contributed by atoms with E-state index in [1.54, 1.807) is 20.8 Å². The summed E-state index contributed by atoms with van der Waals surface area (Å²) >= 11 is 0. The van der Waals surface area contributed by atoms with Crippen LogP contribution in [0.4, 0.5) is 0 Å². The zero-order chi connectivity index (χ0) is 14.8. The molecule has 19 heavy (non-hydrogen) atoms. The number of hydrogen-bond donors (Lipinski definition) is 3. The Morgan fingerprint density at radius 3 is 2.11 bits per heavy atom. The molecule has 0 saturated carbocycles. The van der Waals surface area contributed by atoms with Crippen molar-refractivity contribution in [2.75, 3.05) is 13.3 Å². The maximum absolute atomic E-state index is 11.7. The lowest BCUT2D eigenvalue weighted by molar-refractivity contribution is -0.132. The van der Waals surface area contributed by atoms with Gasteiger partial charge in [-0.25, -0.2) is 0 Å². The van der Waals surface area contributed by atoms with Crippen LogP contribution < -0.4 is 16.0 Å². The van der Waals surface area contributed by atoms with Crippen molar-refractivity contribution in [3.05, 3.63) is 0 Å². The van der Waals surface area contributed by atoms with Crippen molar-refractivity contribution in [2.45, 2.75) is 46.2 Å². The Bertz CT molecular complexity index is 320. The average Bonchev–Trinajstić information content (AvgIpc) is 2.38. The Morgan fingerprint density at radius 1 is 1.00 bits per heavy atom. The second-order valence-electron chi connectivity index (χ2n) is 4.05. The maximum Gasteiger partial charge on any atom is 0.244 e. The molecule has 0 rings (SSSR count). The SMILES string of the molecule is CCOCNC(=O)C(C)NC(=O)C(C)NC(=O)CC. The monoisotopic (exact) mass is 273 g/mol. The van der Waals surface area contributed by atoms with Gasteiger partial charge in [0.25, 0.3) is 0 Å². The number of amides is 3. The molecule has 0 radical (unpaired) electrons. The molecular weight excluding hydrogens is 250 g/mol. The summed E-state index contributed by atoms with van der Waals surface area (Å²) in [7, 11) is 0. The summed E-state index contributed by atoms with van der Waals surface area (Å²) < 4.78 is 4.97. The fourth-order valence-electron chi connectivity index (χ4n) is 1.19. The van der Waals surface area contributed by atoms with Gasteiger partial charge < -0.3 is 20.7 Å². The molecule has 0 spiro atoms. The van der Waals surface area contributed by atoms with Crippen molar-refractivity contribution in [2.24, 2.45) is 0 Å². The van der Waals surface area contributed by atoms with E-state index in [9.17, 15) is 14.4 Å². The summed E-state index contributed by atoms with van der Waals surface area (Å²) in [6, 6.07) is -1.36. The van der Waals surface area contributed by atoms with Crippen LogP contribution in [0.1, 0.15) is 34.1 Å². The van der Waals surface area contributed by atoms with Crippen molar-refractivity contribution >= 4 is 17.7 Å². The largest absolute Gasteiger partial charge is 0.362 e. The van der Waals surface area contributed by atoms with Crippen LogP contribution in [0.15, 0.2) is 0 Å². The Balaban J connectivity index is 4.09. The van der Waals surface area contributed by atoms with Crippen LogP contribution in [0.25, 0.3) is 0 Å². The van der Waals surface area contributed by atoms with Crippen LogP contribution in [0.5, 0.6) is 0 Å². The van der Waals surface area contributed by atoms with Gasteiger partial charge in [-0.05, 0) is 20.8 Å². The average molecular weight is 273 g/mol. The molecule has 110 valence electrons. The van der Waals surface area contributed by atoms with Crippen molar-refractivity contribution in [3.8, 4) is 0 Å². The number of carbonyl (C=O) groups excluding carboxylic acids is 3. The molecule has 3 N–H and O–H groups in total. The fraction of sp³-hybridized carbons (Fsp3) is 0.750. The molecule has 7 nitrogen and oxygen atoms in total. The highest BCUT2D eigenvalue weighted by Gasteiger charge is 2.20. The summed E-state index contributed by atoms with van der Waals surface area (Å²) in [5.74, 6) is -0.951. The van der Waals surface area contributed by atoms with Crippen LogP contribution in [-0.2, 0) is 19.1 Å². The maximum atomic E-state index is 11.7. The Kier molecular flexibility index (Phi) is 8.52. The summed E-state index contributed by atoms with van der Waals surface area (Å²) in [5, 5.41) is 7.55. The Labute approximate surface area is 113 Å². The third kappa shape index (κ3) is 7.40. The molecule has 0 aromatic rings. The molecule has 0 aliphatic carbocycles. The van der Waals surface area contributed by atoms with E-state index in [1.807, 2.05) is 6.92 Å². The summed E-state index contributed by atoms with van der Waals surface area (Å²) in [4.78, 5) is 34.4. The molecule has 2 atom stereocenters. The van der Waals surface area contributed by atoms with Gasteiger partial charge in [0.1, 0.15) is 18.8 Å². The standard InChI is InChI=1S/C12H23N3O4/c1-5-10(16)14-9(4)12(18)15-8(3)11(17)13-7-19-6-2/h8-9H,5-7H2,1-4H3,(H,13,17)(H,14,16)(H,15,18). The minimum atomic E-state index is -0.686. The van der Waals surface area contributed by atoms with Gasteiger partial charge in [-0.15, -0.1) is 0 Å². The highest BCUT2D eigenvalue weighted by Crippen LogP contribution is 1.89. The van der Waals surface area contributed by atoms with Gasteiger partial charge >= 0.3 is 0 Å². The third-order valence-electron chi connectivity index (χ3n) is 2.40. The van der Waals surface area contributed by atoms with E-state index in [-0.39, 0.29) is 18.5 Å². The van der Waals surface area contributed by atoms with Crippen LogP contribution in [0.2, 0.25) is 0 Å². The first-order valence-electron chi connectivity index (χ1n) is 6.37. The molecule has 0 heterocycles. The van der Waals surface area contributed by atoms with Gasteiger partial charge in [0, 0.05) is 13.0 Å². The van der Waals surface area contributed by atoms with E-state index in [0.29, 0.717) is 13.0 Å². The second kappa shape index (κ2) is 9.32. The van der Waals surface area contributed by atoms with Crippen molar-refractivity contribution in [1.29, 1.82) is 0 Å².